The highest BCUT2D eigenvalue weighted by Crippen LogP contribution is 2.33. The van der Waals surface area contributed by atoms with E-state index in [1.165, 1.54) is 6.07 Å². The van der Waals surface area contributed by atoms with E-state index in [9.17, 15) is 14.9 Å². The van der Waals surface area contributed by atoms with Gasteiger partial charge in [-0.1, -0.05) is 6.07 Å². The molecule has 1 aromatic heterocycles. The van der Waals surface area contributed by atoms with Crippen LogP contribution >= 0.6 is 0 Å². The zero-order valence-corrected chi connectivity index (χ0v) is 21.0. The number of hydrogen-bond donors (Lipinski definition) is 1. The number of amides is 1. The number of morpholine rings is 1. The van der Waals surface area contributed by atoms with Crippen molar-refractivity contribution in [2.24, 2.45) is 0 Å². The van der Waals surface area contributed by atoms with Gasteiger partial charge in [0.1, 0.15) is 11.8 Å². The molecular weight excluding hydrogens is 474 g/mol. The first-order chi connectivity index (χ1) is 18.0. The van der Waals surface area contributed by atoms with Gasteiger partial charge in [0.15, 0.2) is 16.8 Å². The average molecular weight is 504 g/mol. The largest absolute Gasteiger partial charge is 0.497 e. The summed E-state index contributed by atoms with van der Waals surface area (Å²) in [6.45, 7) is 5.50. The normalized spacial score (nSPS) is 16.5. The Kier molecular flexibility index (Phi) is 6.99. The molecule has 3 aromatic rings. The average Bonchev–Trinajstić information content (AvgIpc) is 2.93. The molecule has 5 rings (SSSR count). The topological polar surface area (TPSA) is 111 Å². The monoisotopic (exact) mass is 503 g/mol. The quantitative estimate of drug-likeness (QED) is 0.561. The van der Waals surface area contributed by atoms with E-state index in [2.05, 4.69) is 28.2 Å². The van der Waals surface area contributed by atoms with Gasteiger partial charge in [0.2, 0.25) is 0 Å². The van der Waals surface area contributed by atoms with Crippen LogP contribution in [-0.4, -0.2) is 77.4 Å². The number of anilines is 3. The summed E-state index contributed by atoms with van der Waals surface area (Å²) in [6.07, 6.45) is 0. The lowest BCUT2D eigenvalue weighted by Crippen LogP contribution is -2.44. The molecule has 192 valence electrons. The minimum Gasteiger partial charge on any atom is -0.497 e. The standard InChI is InChI=1S/C27H29N5O5/c1-30-6-8-31(9-7-30)22-15-19(35-2)14-20-23(33)16-24(37-26(20)22)27(34)29-21-5-3-4-18(17-28)25(21)32-10-12-36-13-11-32/h3-5,14-16H,6-13H2,1-2H3,(H,29,34). The third-order valence-electron chi connectivity index (χ3n) is 6.82. The number of nitrogens with zero attached hydrogens (tertiary/aromatic N) is 4. The number of ether oxygens (including phenoxy) is 2. The van der Waals surface area contributed by atoms with Crippen LogP contribution in [0.5, 0.6) is 5.75 Å². The van der Waals surface area contributed by atoms with Gasteiger partial charge in [-0.05, 0) is 25.2 Å². The van der Waals surface area contributed by atoms with Crippen molar-refractivity contribution in [3.8, 4) is 11.8 Å². The van der Waals surface area contributed by atoms with Crippen molar-refractivity contribution >= 4 is 33.9 Å². The summed E-state index contributed by atoms with van der Waals surface area (Å²) in [5, 5.41) is 12.9. The van der Waals surface area contributed by atoms with Crippen LogP contribution in [0.3, 0.4) is 0 Å². The minimum atomic E-state index is -0.566. The Morgan fingerprint density at radius 3 is 2.51 bits per heavy atom. The molecule has 0 atom stereocenters. The van der Waals surface area contributed by atoms with E-state index in [0.29, 0.717) is 60.0 Å². The van der Waals surface area contributed by atoms with Crippen LogP contribution in [0.1, 0.15) is 16.1 Å². The molecule has 37 heavy (non-hydrogen) atoms. The lowest BCUT2D eigenvalue weighted by Gasteiger charge is -2.34. The van der Waals surface area contributed by atoms with E-state index in [4.69, 9.17) is 13.9 Å². The van der Waals surface area contributed by atoms with Crippen LogP contribution < -0.4 is 25.3 Å². The minimum absolute atomic E-state index is 0.103. The van der Waals surface area contributed by atoms with Gasteiger partial charge in [-0.25, -0.2) is 0 Å². The summed E-state index contributed by atoms with van der Waals surface area (Å²) in [5.41, 5.74) is 2.29. The SMILES string of the molecule is COc1cc(N2CCN(C)CC2)c2oc(C(=O)Nc3cccc(C#N)c3N3CCOCC3)cc(=O)c2c1. The summed E-state index contributed by atoms with van der Waals surface area (Å²) in [7, 11) is 3.62. The number of nitrogens with one attached hydrogen (secondary N) is 1. The van der Waals surface area contributed by atoms with Gasteiger partial charge in [-0.3, -0.25) is 9.59 Å². The molecule has 10 nitrogen and oxygen atoms in total. The Bertz CT molecular complexity index is 1420. The van der Waals surface area contributed by atoms with Crippen LogP contribution in [0.15, 0.2) is 45.6 Å². The summed E-state index contributed by atoms with van der Waals surface area (Å²) in [6, 6.07) is 12.1. The highest BCUT2D eigenvalue weighted by Gasteiger charge is 2.24. The van der Waals surface area contributed by atoms with Crippen molar-refractivity contribution in [3.63, 3.8) is 0 Å². The van der Waals surface area contributed by atoms with Gasteiger partial charge in [-0.15, -0.1) is 0 Å². The molecule has 10 heteroatoms. The molecule has 0 aliphatic carbocycles. The zero-order chi connectivity index (χ0) is 25.9. The predicted molar refractivity (Wildman–Crippen MR) is 141 cm³/mol. The number of piperazine rings is 1. The van der Waals surface area contributed by atoms with Crippen molar-refractivity contribution in [1.82, 2.24) is 4.90 Å². The van der Waals surface area contributed by atoms with E-state index in [0.717, 1.165) is 31.9 Å². The van der Waals surface area contributed by atoms with Gasteiger partial charge >= 0.3 is 0 Å². The van der Waals surface area contributed by atoms with Gasteiger partial charge < -0.3 is 33.9 Å². The Labute approximate surface area is 214 Å². The highest BCUT2D eigenvalue weighted by molar-refractivity contribution is 6.05. The van der Waals surface area contributed by atoms with Gasteiger partial charge in [0.25, 0.3) is 5.91 Å². The molecule has 0 unspecified atom stereocenters. The molecular formula is C27H29N5O5. The number of methoxy groups -OCH3 is 1. The smallest absolute Gasteiger partial charge is 0.291 e. The summed E-state index contributed by atoms with van der Waals surface area (Å²) in [4.78, 5) is 32.9. The molecule has 1 amide bonds. The number of fused-ring (bicyclic) bond motifs is 1. The van der Waals surface area contributed by atoms with Crippen LogP contribution in [0.25, 0.3) is 11.0 Å². The highest BCUT2D eigenvalue weighted by atomic mass is 16.5. The second-order valence-corrected chi connectivity index (χ2v) is 9.16. The van der Waals surface area contributed by atoms with Crippen LogP contribution in [0.2, 0.25) is 0 Å². The first-order valence-electron chi connectivity index (χ1n) is 12.2. The maximum absolute atomic E-state index is 13.4. The number of carbonyl (C=O) groups is 1. The first-order valence-corrected chi connectivity index (χ1v) is 12.2. The van der Waals surface area contributed by atoms with E-state index < -0.39 is 5.91 Å². The lowest BCUT2D eigenvalue weighted by atomic mass is 10.1. The van der Waals surface area contributed by atoms with Crippen molar-refractivity contribution in [3.05, 3.63) is 57.9 Å². The number of nitriles is 1. The second kappa shape index (κ2) is 10.5. The molecule has 2 saturated heterocycles. The number of carbonyl (C=O) groups excluding carboxylic acids is 1. The van der Waals surface area contributed by atoms with Gasteiger partial charge in [0.05, 0.1) is 48.3 Å². The maximum Gasteiger partial charge on any atom is 0.291 e. The Morgan fingerprint density at radius 1 is 1.05 bits per heavy atom. The number of likely N-dealkylation sites (N-methyl/N-ethyl adjacent to an activating group) is 1. The second-order valence-electron chi connectivity index (χ2n) is 9.16. The molecule has 0 saturated carbocycles. The third kappa shape index (κ3) is 4.96. The van der Waals surface area contributed by atoms with Crippen LogP contribution in [0, 0.1) is 11.3 Å². The lowest BCUT2D eigenvalue weighted by molar-refractivity contribution is 0.0997. The number of hydrogen-bond acceptors (Lipinski definition) is 9. The van der Waals surface area contributed by atoms with Gasteiger partial charge in [0, 0.05) is 51.4 Å². The molecule has 0 spiro atoms. The van der Waals surface area contributed by atoms with E-state index >= 15 is 0 Å². The molecule has 2 aliphatic heterocycles. The maximum atomic E-state index is 13.4. The molecule has 2 fully saturated rings. The summed E-state index contributed by atoms with van der Waals surface area (Å²) >= 11 is 0. The molecule has 1 N–H and O–H groups in total. The van der Waals surface area contributed by atoms with Crippen LogP contribution in [-0.2, 0) is 4.74 Å². The number of benzene rings is 2. The Hall–Kier alpha value is -4.07. The van der Waals surface area contributed by atoms with E-state index in [1.807, 2.05) is 11.0 Å². The van der Waals surface area contributed by atoms with Gasteiger partial charge in [-0.2, -0.15) is 5.26 Å². The van der Waals surface area contributed by atoms with Crippen molar-refractivity contribution in [2.45, 2.75) is 0 Å². The van der Waals surface area contributed by atoms with Crippen molar-refractivity contribution in [2.75, 3.05) is 81.8 Å². The molecule has 0 radical (unpaired) electrons. The fraction of sp³-hybridized carbons (Fsp3) is 0.370. The summed E-state index contributed by atoms with van der Waals surface area (Å²) in [5.74, 6) is -0.119. The number of rotatable bonds is 5. The number of para-hydroxylation sites is 1. The van der Waals surface area contributed by atoms with Crippen molar-refractivity contribution < 1.29 is 18.7 Å². The molecule has 0 bridgehead atoms. The Balaban J connectivity index is 1.53. The first kappa shape index (κ1) is 24.6. The Morgan fingerprint density at radius 2 is 1.81 bits per heavy atom. The molecule has 3 heterocycles. The molecule has 2 aliphatic rings. The fourth-order valence-electron chi connectivity index (χ4n) is 4.77. The van der Waals surface area contributed by atoms with E-state index in [1.54, 1.807) is 31.4 Å². The summed E-state index contributed by atoms with van der Waals surface area (Å²) < 4.78 is 17.0. The zero-order valence-electron chi connectivity index (χ0n) is 21.0. The predicted octanol–water partition coefficient (Wildman–Crippen LogP) is 2.51. The fourth-order valence-corrected chi connectivity index (χ4v) is 4.77. The van der Waals surface area contributed by atoms with Crippen molar-refractivity contribution in [1.29, 1.82) is 5.26 Å². The van der Waals surface area contributed by atoms with E-state index in [-0.39, 0.29) is 11.2 Å². The van der Waals surface area contributed by atoms with Crippen LogP contribution in [0.4, 0.5) is 17.1 Å². The third-order valence-corrected chi connectivity index (χ3v) is 6.82. The molecule has 2 aromatic carbocycles.